The van der Waals surface area contributed by atoms with Crippen molar-refractivity contribution in [3.05, 3.63) is 34.9 Å². The van der Waals surface area contributed by atoms with Crippen molar-refractivity contribution < 1.29 is 4.28 Å². The summed E-state index contributed by atoms with van der Waals surface area (Å²) in [5.41, 5.74) is 1.05. The lowest BCUT2D eigenvalue weighted by molar-refractivity contribution is 0.365. The highest BCUT2D eigenvalue weighted by Gasteiger charge is 2.03. The molecule has 0 saturated carbocycles. The molecule has 1 aromatic carbocycles. The van der Waals surface area contributed by atoms with E-state index in [0.29, 0.717) is 6.54 Å². The zero-order chi connectivity index (χ0) is 9.68. The minimum atomic E-state index is 0.696. The quantitative estimate of drug-likeness (QED) is 0.478. The number of hydrogen-bond donors (Lipinski definition) is 1. The smallest absolute Gasteiger partial charge is 0.104 e. The summed E-state index contributed by atoms with van der Waals surface area (Å²) in [4.78, 5) is 0. The Morgan fingerprint density at radius 3 is 2.85 bits per heavy atom. The van der Waals surface area contributed by atoms with E-state index in [1.54, 1.807) is 0 Å². The fourth-order valence-corrected chi connectivity index (χ4v) is 1.50. The van der Waals surface area contributed by atoms with Crippen LogP contribution in [-0.2, 0) is 10.8 Å². The van der Waals surface area contributed by atoms with Crippen molar-refractivity contribution >= 4 is 23.8 Å². The van der Waals surface area contributed by atoms with Gasteiger partial charge in [0.15, 0.2) is 0 Å². The predicted molar refractivity (Wildman–Crippen MR) is 55.8 cm³/mol. The molecule has 0 spiro atoms. The summed E-state index contributed by atoms with van der Waals surface area (Å²) in [5, 5.41) is 0.756. The molecule has 2 N–H and O–H groups in total. The molecular formula is C8H11ClN2OS. The van der Waals surface area contributed by atoms with Gasteiger partial charge in [-0.3, -0.25) is 0 Å². The van der Waals surface area contributed by atoms with E-state index in [-0.39, 0.29) is 0 Å². The van der Waals surface area contributed by atoms with Crippen molar-refractivity contribution in [3.63, 3.8) is 0 Å². The molecule has 0 unspecified atom stereocenters. The molecule has 0 heterocycles. The Bertz CT molecular complexity index is 272. The SMILES string of the molecule is CN(Cc1ccccc1Cl)SON. The van der Waals surface area contributed by atoms with E-state index in [4.69, 9.17) is 17.5 Å². The standard InChI is InChI=1S/C8H11ClN2OS/c1-11(13-12-10)6-7-4-2-3-5-8(7)9/h2-5H,6,10H2,1H3. The molecule has 3 nitrogen and oxygen atoms in total. The molecular weight excluding hydrogens is 208 g/mol. The molecule has 1 aromatic rings. The Hall–Kier alpha value is -0.260. The first-order valence-corrected chi connectivity index (χ1v) is 4.79. The first kappa shape index (κ1) is 10.8. The number of benzene rings is 1. The molecule has 13 heavy (non-hydrogen) atoms. The van der Waals surface area contributed by atoms with Crippen LogP contribution in [0.3, 0.4) is 0 Å². The number of rotatable bonds is 4. The second-order valence-electron chi connectivity index (χ2n) is 2.55. The van der Waals surface area contributed by atoms with Crippen LogP contribution in [0.2, 0.25) is 5.02 Å². The molecule has 72 valence electrons. The molecule has 0 aliphatic heterocycles. The molecule has 0 aliphatic rings. The van der Waals surface area contributed by atoms with Gasteiger partial charge in [0, 0.05) is 18.6 Å². The third-order valence-electron chi connectivity index (χ3n) is 1.52. The van der Waals surface area contributed by atoms with Crippen LogP contribution < -0.4 is 5.90 Å². The van der Waals surface area contributed by atoms with Gasteiger partial charge in [-0.15, -0.1) is 0 Å². The van der Waals surface area contributed by atoms with Crippen LogP contribution in [-0.4, -0.2) is 11.4 Å². The zero-order valence-electron chi connectivity index (χ0n) is 7.24. The first-order chi connectivity index (χ1) is 6.24. The lowest BCUT2D eigenvalue weighted by atomic mass is 10.2. The van der Waals surface area contributed by atoms with Gasteiger partial charge in [-0.2, -0.15) is 0 Å². The third-order valence-corrected chi connectivity index (χ3v) is 2.36. The fraction of sp³-hybridized carbons (Fsp3) is 0.250. The maximum absolute atomic E-state index is 5.96. The van der Waals surface area contributed by atoms with Gasteiger partial charge in [-0.1, -0.05) is 29.8 Å². The van der Waals surface area contributed by atoms with Gasteiger partial charge < -0.3 is 0 Å². The molecule has 0 atom stereocenters. The molecule has 1 rings (SSSR count). The van der Waals surface area contributed by atoms with Crippen LogP contribution in [0.25, 0.3) is 0 Å². The van der Waals surface area contributed by atoms with E-state index in [1.807, 2.05) is 35.6 Å². The number of halogens is 1. The van der Waals surface area contributed by atoms with Crippen molar-refractivity contribution in [2.24, 2.45) is 5.90 Å². The summed E-state index contributed by atoms with van der Waals surface area (Å²) in [6.07, 6.45) is 0. The van der Waals surface area contributed by atoms with Gasteiger partial charge in [-0.05, 0) is 11.6 Å². The zero-order valence-corrected chi connectivity index (χ0v) is 8.81. The normalized spacial score (nSPS) is 10.8. The highest BCUT2D eigenvalue weighted by Crippen LogP contribution is 2.19. The largest absolute Gasteiger partial charge is 0.224 e. The second kappa shape index (κ2) is 5.47. The van der Waals surface area contributed by atoms with Crippen LogP contribution in [0.5, 0.6) is 0 Å². The van der Waals surface area contributed by atoms with Crippen molar-refractivity contribution in [2.45, 2.75) is 6.54 Å². The predicted octanol–water partition coefficient (Wildman–Crippen LogP) is 2.23. The number of nitrogens with two attached hydrogens (primary N) is 1. The van der Waals surface area contributed by atoms with Crippen LogP contribution >= 0.6 is 23.8 Å². The van der Waals surface area contributed by atoms with E-state index >= 15 is 0 Å². The second-order valence-corrected chi connectivity index (χ2v) is 3.92. The van der Waals surface area contributed by atoms with Gasteiger partial charge in [0.2, 0.25) is 0 Å². The molecule has 0 bridgehead atoms. The Kier molecular flexibility index (Phi) is 4.55. The third kappa shape index (κ3) is 3.54. The maximum atomic E-state index is 5.96. The van der Waals surface area contributed by atoms with Crippen LogP contribution in [0.15, 0.2) is 24.3 Å². The molecule has 5 heteroatoms. The van der Waals surface area contributed by atoms with Crippen LogP contribution in [0.4, 0.5) is 0 Å². The van der Waals surface area contributed by atoms with Crippen LogP contribution in [0.1, 0.15) is 5.56 Å². The summed E-state index contributed by atoms with van der Waals surface area (Å²) in [5.74, 6) is 4.91. The van der Waals surface area contributed by atoms with Crippen LogP contribution in [0, 0.1) is 0 Å². The summed E-state index contributed by atoms with van der Waals surface area (Å²) in [7, 11) is 1.88. The summed E-state index contributed by atoms with van der Waals surface area (Å²) in [6.45, 7) is 0.696. The van der Waals surface area contributed by atoms with Crippen molar-refractivity contribution in [3.8, 4) is 0 Å². The summed E-state index contributed by atoms with van der Waals surface area (Å²) >= 11 is 7.05. The average molecular weight is 219 g/mol. The van der Waals surface area contributed by atoms with E-state index < -0.39 is 0 Å². The Morgan fingerprint density at radius 1 is 1.54 bits per heavy atom. The summed E-state index contributed by atoms with van der Waals surface area (Å²) < 4.78 is 6.26. The van der Waals surface area contributed by atoms with Gasteiger partial charge >= 0.3 is 0 Å². The fourth-order valence-electron chi connectivity index (χ4n) is 0.966. The van der Waals surface area contributed by atoms with Gasteiger partial charge in [0.25, 0.3) is 0 Å². The molecule has 0 saturated heterocycles. The Balaban J connectivity index is 2.58. The van der Waals surface area contributed by atoms with Gasteiger partial charge in [-0.25, -0.2) is 14.5 Å². The monoisotopic (exact) mass is 218 g/mol. The van der Waals surface area contributed by atoms with E-state index in [9.17, 15) is 0 Å². The molecule has 0 aliphatic carbocycles. The minimum Gasteiger partial charge on any atom is -0.224 e. The lowest BCUT2D eigenvalue weighted by Crippen LogP contribution is -2.11. The highest BCUT2D eigenvalue weighted by atomic mass is 35.5. The maximum Gasteiger partial charge on any atom is 0.104 e. The average Bonchev–Trinajstić information content (AvgIpc) is 2.09. The topological polar surface area (TPSA) is 38.5 Å². The van der Waals surface area contributed by atoms with Crippen molar-refractivity contribution in [2.75, 3.05) is 7.05 Å². The highest BCUT2D eigenvalue weighted by molar-refractivity contribution is 7.92. The lowest BCUT2D eigenvalue weighted by Gasteiger charge is -2.13. The molecule has 0 radical (unpaired) electrons. The minimum absolute atomic E-state index is 0.696. The molecule has 0 fully saturated rings. The first-order valence-electron chi connectivity index (χ1n) is 3.72. The van der Waals surface area contributed by atoms with Gasteiger partial charge in [0.05, 0.1) is 0 Å². The molecule has 0 aromatic heterocycles. The van der Waals surface area contributed by atoms with E-state index in [1.165, 1.54) is 0 Å². The Morgan fingerprint density at radius 2 is 2.23 bits per heavy atom. The number of nitrogens with zero attached hydrogens (tertiary/aromatic N) is 1. The van der Waals surface area contributed by atoms with Gasteiger partial charge in [0.1, 0.15) is 12.2 Å². The molecule has 0 amide bonds. The number of hydrogen-bond acceptors (Lipinski definition) is 4. The summed E-state index contributed by atoms with van der Waals surface area (Å²) in [6, 6.07) is 7.68. The van der Waals surface area contributed by atoms with Crippen molar-refractivity contribution in [1.29, 1.82) is 0 Å². The van der Waals surface area contributed by atoms with E-state index in [2.05, 4.69) is 4.28 Å². The Labute approximate surface area is 87.1 Å². The van der Waals surface area contributed by atoms with E-state index in [0.717, 1.165) is 22.8 Å². The van der Waals surface area contributed by atoms with Crippen molar-refractivity contribution in [1.82, 2.24) is 4.31 Å².